The van der Waals surface area contributed by atoms with Gasteiger partial charge >= 0.3 is 0 Å². The molecular weight excluding hydrogens is 224 g/mol. The Bertz CT molecular complexity index is 248. The Morgan fingerprint density at radius 2 is 2.12 bits per heavy atom. The van der Waals surface area contributed by atoms with Gasteiger partial charge in [0.2, 0.25) is 5.91 Å². The standard InChI is InChI=1S/C11H22N2O2S/c1-2-3-9(8-12)11(14)13-10-4-6-16(15)7-5-10/h9-10H,2-8,12H2,1H3,(H,13,14). The number of nitrogens with one attached hydrogen (secondary N) is 1. The Balaban J connectivity index is 2.35. The van der Waals surface area contributed by atoms with E-state index in [0.717, 1.165) is 25.7 Å². The second-order valence-electron chi connectivity index (χ2n) is 4.35. The number of hydrogen-bond acceptors (Lipinski definition) is 3. The Kier molecular flexibility index (Phi) is 5.98. The van der Waals surface area contributed by atoms with E-state index in [1.54, 1.807) is 0 Å². The highest BCUT2D eigenvalue weighted by atomic mass is 32.2. The van der Waals surface area contributed by atoms with Gasteiger partial charge in [0.1, 0.15) is 0 Å². The monoisotopic (exact) mass is 246 g/mol. The smallest absolute Gasteiger partial charge is 0.224 e. The molecule has 0 spiro atoms. The van der Waals surface area contributed by atoms with Gasteiger partial charge in [-0.2, -0.15) is 0 Å². The number of carbonyl (C=O) groups excluding carboxylic acids is 1. The highest BCUT2D eigenvalue weighted by Crippen LogP contribution is 2.11. The maximum absolute atomic E-state index is 11.8. The normalized spacial score (nSPS) is 27.4. The predicted molar refractivity (Wildman–Crippen MR) is 66.5 cm³/mol. The van der Waals surface area contributed by atoms with Crippen LogP contribution >= 0.6 is 0 Å². The fourth-order valence-corrected chi connectivity index (χ4v) is 3.26. The lowest BCUT2D eigenvalue weighted by molar-refractivity contribution is -0.125. The lowest BCUT2D eigenvalue weighted by atomic mass is 10.0. The first kappa shape index (κ1) is 13.6. The SMILES string of the molecule is CCCC(CN)C(=O)NC1CCS(=O)CC1. The van der Waals surface area contributed by atoms with Gasteiger partial charge in [-0.15, -0.1) is 0 Å². The molecule has 1 atom stereocenters. The second kappa shape index (κ2) is 7.01. The van der Waals surface area contributed by atoms with E-state index >= 15 is 0 Å². The molecule has 5 heteroatoms. The Hall–Kier alpha value is -0.420. The van der Waals surface area contributed by atoms with Crippen molar-refractivity contribution in [2.24, 2.45) is 11.7 Å². The summed E-state index contributed by atoms with van der Waals surface area (Å²) in [6.07, 6.45) is 3.49. The number of rotatable bonds is 5. The molecule has 0 saturated carbocycles. The van der Waals surface area contributed by atoms with Crippen LogP contribution in [0.3, 0.4) is 0 Å². The highest BCUT2D eigenvalue weighted by Gasteiger charge is 2.22. The molecule has 0 aromatic heterocycles. The summed E-state index contributed by atoms with van der Waals surface area (Å²) in [5.41, 5.74) is 5.58. The molecule has 1 heterocycles. The van der Waals surface area contributed by atoms with Crippen LogP contribution in [-0.2, 0) is 15.6 Å². The molecule has 0 aliphatic carbocycles. The van der Waals surface area contributed by atoms with E-state index < -0.39 is 10.8 Å². The summed E-state index contributed by atoms with van der Waals surface area (Å²) < 4.78 is 11.2. The number of hydrogen-bond donors (Lipinski definition) is 2. The minimum Gasteiger partial charge on any atom is -0.353 e. The van der Waals surface area contributed by atoms with Crippen LogP contribution in [0.1, 0.15) is 32.6 Å². The number of carbonyl (C=O) groups is 1. The maximum atomic E-state index is 11.8. The molecule has 94 valence electrons. The van der Waals surface area contributed by atoms with Gasteiger partial charge in [0.15, 0.2) is 0 Å². The molecule has 1 amide bonds. The van der Waals surface area contributed by atoms with Crippen molar-refractivity contribution in [3.8, 4) is 0 Å². The van der Waals surface area contributed by atoms with E-state index in [1.165, 1.54) is 0 Å². The molecule has 1 unspecified atom stereocenters. The molecule has 0 radical (unpaired) electrons. The van der Waals surface area contributed by atoms with Crippen molar-refractivity contribution in [2.75, 3.05) is 18.1 Å². The van der Waals surface area contributed by atoms with Crippen LogP contribution in [-0.4, -0.2) is 34.2 Å². The van der Waals surface area contributed by atoms with Gasteiger partial charge in [-0.3, -0.25) is 9.00 Å². The second-order valence-corrected chi connectivity index (χ2v) is 6.05. The number of amides is 1. The molecule has 16 heavy (non-hydrogen) atoms. The Morgan fingerprint density at radius 1 is 1.50 bits per heavy atom. The van der Waals surface area contributed by atoms with Gasteiger partial charge in [0, 0.05) is 34.9 Å². The molecule has 4 nitrogen and oxygen atoms in total. The average Bonchev–Trinajstić information content (AvgIpc) is 2.29. The summed E-state index contributed by atoms with van der Waals surface area (Å²) in [5, 5.41) is 3.02. The fraction of sp³-hybridized carbons (Fsp3) is 0.909. The summed E-state index contributed by atoms with van der Waals surface area (Å²) in [7, 11) is -0.668. The van der Waals surface area contributed by atoms with Crippen LogP contribution in [0.25, 0.3) is 0 Å². The molecule has 0 aromatic rings. The van der Waals surface area contributed by atoms with Gasteiger partial charge in [-0.25, -0.2) is 0 Å². The van der Waals surface area contributed by atoms with Crippen molar-refractivity contribution in [3.63, 3.8) is 0 Å². The van der Waals surface area contributed by atoms with E-state index in [9.17, 15) is 9.00 Å². The molecule has 3 N–H and O–H groups in total. The van der Waals surface area contributed by atoms with Crippen LogP contribution in [0.15, 0.2) is 0 Å². The Morgan fingerprint density at radius 3 is 2.62 bits per heavy atom. The minimum absolute atomic E-state index is 0.0579. The van der Waals surface area contributed by atoms with Gasteiger partial charge in [0.05, 0.1) is 5.92 Å². The summed E-state index contributed by atoms with van der Waals surface area (Å²) in [6.45, 7) is 2.47. The number of nitrogens with two attached hydrogens (primary N) is 1. The van der Waals surface area contributed by atoms with Crippen molar-refractivity contribution in [3.05, 3.63) is 0 Å². The van der Waals surface area contributed by atoms with Crippen molar-refractivity contribution in [2.45, 2.75) is 38.6 Å². The summed E-state index contributed by atoms with van der Waals surface area (Å²) in [6, 6.07) is 0.205. The predicted octanol–water partition coefficient (Wildman–Crippen LogP) is 0.389. The van der Waals surface area contributed by atoms with E-state index in [1.807, 2.05) is 0 Å². The van der Waals surface area contributed by atoms with Gasteiger partial charge < -0.3 is 11.1 Å². The van der Waals surface area contributed by atoms with Crippen LogP contribution in [0.5, 0.6) is 0 Å². The fourth-order valence-electron chi connectivity index (χ4n) is 1.96. The largest absolute Gasteiger partial charge is 0.353 e. The molecule has 1 saturated heterocycles. The first-order valence-corrected chi connectivity index (χ1v) is 7.51. The quantitative estimate of drug-likeness (QED) is 0.737. The van der Waals surface area contributed by atoms with E-state index in [4.69, 9.17) is 5.73 Å². The van der Waals surface area contributed by atoms with Gasteiger partial charge in [-0.05, 0) is 19.3 Å². The zero-order chi connectivity index (χ0) is 12.0. The van der Waals surface area contributed by atoms with Crippen LogP contribution in [0.4, 0.5) is 0 Å². The lowest BCUT2D eigenvalue weighted by Gasteiger charge is -2.24. The summed E-state index contributed by atoms with van der Waals surface area (Å²) in [5.74, 6) is 1.44. The molecule has 0 bridgehead atoms. The third kappa shape index (κ3) is 4.22. The first-order valence-electron chi connectivity index (χ1n) is 6.02. The summed E-state index contributed by atoms with van der Waals surface area (Å²) >= 11 is 0. The molecule has 1 fully saturated rings. The molecule has 1 aliphatic heterocycles. The molecular formula is C11H22N2O2S. The average molecular weight is 246 g/mol. The maximum Gasteiger partial charge on any atom is 0.224 e. The van der Waals surface area contributed by atoms with Crippen molar-refractivity contribution in [1.82, 2.24) is 5.32 Å². The van der Waals surface area contributed by atoms with Crippen molar-refractivity contribution < 1.29 is 9.00 Å². The lowest BCUT2D eigenvalue weighted by Crippen LogP contribution is -2.44. The van der Waals surface area contributed by atoms with Crippen molar-refractivity contribution >= 4 is 16.7 Å². The third-order valence-electron chi connectivity index (χ3n) is 3.03. The van der Waals surface area contributed by atoms with Gasteiger partial charge in [0.25, 0.3) is 0 Å². The zero-order valence-corrected chi connectivity index (χ0v) is 10.7. The zero-order valence-electron chi connectivity index (χ0n) is 9.91. The van der Waals surface area contributed by atoms with Crippen LogP contribution in [0, 0.1) is 5.92 Å². The van der Waals surface area contributed by atoms with E-state index in [0.29, 0.717) is 18.1 Å². The van der Waals surface area contributed by atoms with Crippen LogP contribution in [0.2, 0.25) is 0 Å². The van der Waals surface area contributed by atoms with E-state index in [2.05, 4.69) is 12.2 Å². The molecule has 1 aliphatic rings. The minimum atomic E-state index is -0.668. The summed E-state index contributed by atoms with van der Waals surface area (Å²) in [4.78, 5) is 11.8. The highest BCUT2D eigenvalue weighted by molar-refractivity contribution is 7.85. The molecule has 1 rings (SSSR count). The Labute approximate surface area is 99.8 Å². The van der Waals surface area contributed by atoms with Crippen molar-refractivity contribution in [1.29, 1.82) is 0 Å². The third-order valence-corrected chi connectivity index (χ3v) is 4.41. The first-order chi connectivity index (χ1) is 7.67. The van der Waals surface area contributed by atoms with E-state index in [-0.39, 0.29) is 17.9 Å². The van der Waals surface area contributed by atoms with Crippen LogP contribution < -0.4 is 11.1 Å². The topological polar surface area (TPSA) is 72.2 Å². The van der Waals surface area contributed by atoms with Gasteiger partial charge in [-0.1, -0.05) is 13.3 Å². The molecule has 0 aromatic carbocycles.